The molecule has 3 fully saturated rings. The summed E-state index contributed by atoms with van der Waals surface area (Å²) in [4.78, 5) is 0. The summed E-state index contributed by atoms with van der Waals surface area (Å²) in [5.41, 5.74) is 0. The average molecular weight is 292 g/mol. The highest BCUT2D eigenvalue weighted by Gasteiger charge is 2.64. The summed E-state index contributed by atoms with van der Waals surface area (Å²) in [5, 5.41) is 0. The summed E-state index contributed by atoms with van der Waals surface area (Å²) in [5.74, 6) is -4.77. The summed E-state index contributed by atoms with van der Waals surface area (Å²) >= 11 is 0. The molecule has 0 aromatic rings. The largest absolute Gasteiger partial charge is 0.257 e. The molecule has 5 atom stereocenters. The van der Waals surface area contributed by atoms with Crippen LogP contribution < -0.4 is 0 Å². The van der Waals surface area contributed by atoms with Gasteiger partial charge in [0.05, 0.1) is 5.92 Å². The van der Waals surface area contributed by atoms with Crippen LogP contribution in [0.5, 0.6) is 0 Å². The normalized spacial score (nSPS) is 51.8. The van der Waals surface area contributed by atoms with Gasteiger partial charge < -0.3 is 0 Å². The van der Waals surface area contributed by atoms with E-state index in [2.05, 4.69) is 6.92 Å². The molecule has 3 aliphatic rings. The number of alkyl halides is 4. The minimum Gasteiger partial charge on any atom is -0.244 e. The van der Waals surface area contributed by atoms with Gasteiger partial charge in [0, 0.05) is 5.92 Å². The zero-order chi connectivity index (χ0) is 14.5. The Bertz CT molecular complexity index is 348. The molecular formula is C16H24F4. The Kier molecular flexibility index (Phi) is 3.79. The molecule has 0 nitrogen and oxygen atoms in total. The molecule has 0 heterocycles. The molecule has 20 heavy (non-hydrogen) atoms. The van der Waals surface area contributed by atoms with Crippen molar-refractivity contribution in [3.8, 4) is 0 Å². The Hall–Kier alpha value is -0.280. The van der Waals surface area contributed by atoms with E-state index in [4.69, 9.17) is 0 Å². The first-order valence-corrected chi connectivity index (χ1v) is 8.07. The molecule has 0 aromatic carbocycles. The zero-order valence-corrected chi connectivity index (χ0v) is 12.0. The van der Waals surface area contributed by atoms with Crippen LogP contribution in [0.2, 0.25) is 0 Å². The van der Waals surface area contributed by atoms with Crippen molar-refractivity contribution < 1.29 is 17.6 Å². The Morgan fingerprint density at radius 1 is 0.850 bits per heavy atom. The second-order valence-corrected chi connectivity index (χ2v) is 7.36. The minimum atomic E-state index is -3.01. The van der Waals surface area contributed by atoms with Crippen LogP contribution in [-0.2, 0) is 0 Å². The van der Waals surface area contributed by atoms with Gasteiger partial charge in [-0.2, -0.15) is 0 Å². The number of rotatable bonds is 1. The van der Waals surface area contributed by atoms with Gasteiger partial charge >= 0.3 is 0 Å². The smallest absolute Gasteiger partial charge is 0.244 e. The van der Waals surface area contributed by atoms with Gasteiger partial charge in [-0.15, -0.1) is 0 Å². The quantitative estimate of drug-likeness (QED) is 0.585. The summed E-state index contributed by atoms with van der Waals surface area (Å²) in [7, 11) is 0. The standard InChI is InChI=1S/C16H24F4/c1-9-2-4-10(5-3-9)12-8-11-6-7-13(17)15(18)14(11)16(12,19)20/h9-15H,2-8H2,1H3/t9?,10?,11?,12?,13?,14-,15?/m0/s1. The Morgan fingerprint density at radius 3 is 2.10 bits per heavy atom. The fourth-order valence-corrected chi connectivity index (χ4v) is 4.91. The molecule has 3 saturated carbocycles. The first-order chi connectivity index (χ1) is 9.41. The van der Waals surface area contributed by atoms with E-state index in [0.717, 1.165) is 25.7 Å². The van der Waals surface area contributed by atoms with Crippen molar-refractivity contribution in [2.75, 3.05) is 0 Å². The fourth-order valence-electron chi connectivity index (χ4n) is 4.91. The van der Waals surface area contributed by atoms with Gasteiger partial charge in [-0.1, -0.05) is 19.8 Å². The van der Waals surface area contributed by atoms with Crippen molar-refractivity contribution in [2.45, 2.75) is 70.1 Å². The zero-order valence-electron chi connectivity index (χ0n) is 12.0. The second kappa shape index (κ2) is 5.17. The van der Waals surface area contributed by atoms with Gasteiger partial charge in [0.25, 0.3) is 5.92 Å². The molecule has 4 heteroatoms. The van der Waals surface area contributed by atoms with Gasteiger partial charge in [0.2, 0.25) is 0 Å². The van der Waals surface area contributed by atoms with E-state index in [1.54, 1.807) is 0 Å². The fraction of sp³-hybridized carbons (Fsp3) is 1.00. The predicted molar refractivity (Wildman–Crippen MR) is 70.2 cm³/mol. The molecule has 0 spiro atoms. The number of halogens is 4. The van der Waals surface area contributed by atoms with E-state index in [-0.39, 0.29) is 18.3 Å². The summed E-state index contributed by atoms with van der Waals surface area (Å²) < 4.78 is 56.7. The lowest BCUT2D eigenvalue weighted by Crippen LogP contribution is -2.45. The maximum Gasteiger partial charge on any atom is 0.257 e. The molecule has 0 aromatic heterocycles. The van der Waals surface area contributed by atoms with Gasteiger partial charge in [-0.05, 0) is 49.9 Å². The van der Waals surface area contributed by atoms with Gasteiger partial charge in [0.1, 0.15) is 12.3 Å². The first-order valence-electron chi connectivity index (χ1n) is 8.07. The maximum absolute atomic E-state index is 14.6. The van der Waals surface area contributed by atoms with Crippen molar-refractivity contribution in [2.24, 2.45) is 29.6 Å². The minimum absolute atomic E-state index is 0.0112. The number of fused-ring (bicyclic) bond motifs is 1. The molecule has 0 radical (unpaired) electrons. The highest BCUT2D eigenvalue weighted by molar-refractivity contribution is 5.06. The number of hydrogen-bond donors (Lipinski definition) is 0. The van der Waals surface area contributed by atoms with Crippen molar-refractivity contribution in [1.29, 1.82) is 0 Å². The van der Waals surface area contributed by atoms with E-state index in [0.29, 0.717) is 18.8 Å². The molecular weight excluding hydrogens is 268 g/mol. The molecule has 0 aliphatic heterocycles. The number of hydrogen-bond acceptors (Lipinski definition) is 0. The predicted octanol–water partition coefficient (Wildman–Crippen LogP) is 5.17. The third-order valence-corrected chi connectivity index (χ3v) is 6.13. The third kappa shape index (κ3) is 2.27. The molecule has 4 unspecified atom stereocenters. The van der Waals surface area contributed by atoms with E-state index >= 15 is 0 Å². The molecule has 0 N–H and O–H groups in total. The molecule has 116 valence electrons. The van der Waals surface area contributed by atoms with Gasteiger partial charge in [-0.3, -0.25) is 0 Å². The van der Waals surface area contributed by atoms with Crippen LogP contribution in [0.1, 0.15) is 51.9 Å². The Balaban J connectivity index is 1.77. The van der Waals surface area contributed by atoms with Gasteiger partial charge in [-0.25, -0.2) is 17.6 Å². The van der Waals surface area contributed by atoms with Crippen LogP contribution in [0.3, 0.4) is 0 Å². The van der Waals surface area contributed by atoms with Gasteiger partial charge in [0.15, 0.2) is 0 Å². The first kappa shape index (κ1) is 14.6. The summed E-state index contributed by atoms with van der Waals surface area (Å²) in [6, 6.07) is 0. The molecule has 0 bridgehead atoms. The van der Waals surface area contributed by atoms with Crippen molar-refractivity contribution in [1.82, 2.24) is 0 Å². The molecule has 3 rings (SSSR count). The lowest BCUT2D eigenvalue weighted by molar-refractivity contribution is -0.139. The third-order valence-electron chi connectivity index (χ3n) is 6.13. The van der Waals surface area contributed by atoms with E-state index in [9.17, 15) is 17.6 Å². The summed E-state index contributed by atoms with van der Waals surface area (Å²) in [6.07, 6.45) is 0.962. The van der Waals surface area contributed by atoms with Crippen molar-refractivity contribution in [3.63, 3.8) is 0 Å². The Labute approximate surface area is 118 Å². The Morgan fingerprint density at radius 2 is 1.45 bits per heavy atom. The average Bonchev–Trinajstić information content (AvgIpc) is 2.67. The monoisotopic (exact) mass is 292 g/mol. The van der Waals surface area contributed by atoms with Crippen LogP contribution in [0.4, 0.5) is 17.6 Å². The summed E-state index contributed by atoms with van der Waals surface area (Å²) in [6.45, 7) is 2.16. The SMILES string of the molecule is CC1CCC(C2CC3CCC(F)C(F)[C@H]3C2(F)F)CC1. The highest BCUT2D eigenvalue weighted by Crippen LogP contribution is 2.59. The van der Waals surface area contributed by atoms with Crippen molar-refractivity contribution >= 4 is 0 Å². The van der Waals surface area contributed by atoms with Crippen LogP contribution in [0, 0.1) is 29.6 Å². The molecule has 0 amide bonds. The van der Waals surface area contributed by atoms with Crippen LogP contribution in [0.25, 0.3) is 0 Å². The molecule has 3 aliphatic carbocycles. The van der Waals surface area contributed by atoms with Crippen LogP contribution >= 0.6 is 0 Å². The van der Waals surface area contributed by atoms with Crippen LogP contribution in [-0.4, -0.2) is 18.3 Å². The topological polar surface area (TPSA) is 0 Å². The van der Waals surface area contributed by atoms with E-state index in [1.165, 1.54) is 0 Å². The van der Waals surface area contributed by atoms with E-state index < -0.39 is 30.1 Å². The maximum atomic E-state index is 14.6. The van der Waals surface area contributed by atoms with E-state index in [1.807, 2.05) is 0 Å². The molecule has 0 saturated heterocycles. The second-order valence-electron chi connectivity index (χ2n) is 7.36. The highest BCUT2D eigenvalue weighted by atomic mass is 19.3. The lowest BCUT2D eigenvalue weighted by Gasteiger charge is -2.37. The van der Waals surface area contributed by atoms with Crippen molar-refractivity contribution in [3.05, 3.63) is 0 Å². The lowest BCUT2D eigenvalue weighted by atomic mass is 9.74. The van der Waals surface area contributed by atoms with Crippen LogP contribution in [0.15, 0.2) is 0 Å².